The summed E-state index contributed by atoms with van der Waals surface area (Å²) in [6.07, 6.45) is 2.17. The van der Waals surface area contributed by atoms with Crippen molar-refractivity contribution in [2.45, 2.75) is 25.2 Å². The Bertz CT molecular complexity index is 1400. The number of carbonyl (C=O) groups is 1. The summed E-state index contributed by atoms with van der Waals surface area (Å²) in [5, 5.41) is 15.2. The number of methoxy groups -OCH3 is 1. The molecule has 0 saturated carbocycles. The monoisotopic (exact) mass is 610 g/mol. The molecule has 2 aromatic carbocycles. The standard InChI is InChI=1S/C22H19IN4O5S2/c1-4-18-26-27-20(24)15(21(28)25-22(27)33-18)9-13-10-16(23)19(17(11-13)31-3)32-34(29,30)14-7-5-12(2)6-8-14/h5-11,24H,4H2,1-3H3. The molecule has 2 heterocycles. The molecule has 0 unspecified atom stereocenters. The molecule has 4 rings (SSSR count). The minimum absolute atomic E-state index is 0.0209. The predicted octanol–water partition coefficient (Wildman–Crippen LogP) is 4.41. The van der Waals surface area contributed by atoms with E-state index in [1.807, 2.05) is 36.4 Å². The van der Waals surface area contributed by atoms with Crippen molar-refractivity contribution in [2.75, 3.05) is 7.11 Å². The molecular formula is C22H19IN4O5S2. The molecule has 1 N–H and O–H groups in total. The molecule has 0 aromatic heterocycles. The number of amides is 1. The van der Waals surface area contributed by atoms with E-state index >= 15 is 0 Å². The van der Waals surface area contributed by atoms with Crippen LogP contribution in [0.5, 0.6) is 11.5 Å². The molecule has 0 atom stereocenters. The summed E-state index contributed by atoms with van der Waals surface area (Å²) < 4.78 is 36.8. The second kappa shape index (κ2) is 9.50. The minimum Gasteiger partial charge on any atom is -0.493 e. The van der Waals surface area contributed by atoms with Gasteiger partial charge in [-0.3, -0.25) is 10.2 Å². The van der Waals surface area contributed by atoms with Gasteiger partial charge in [0.25, 0.3) is 5.91 Å². The molecular weight excluding hydrogens is 591 g/mol. The van der Waals surface area contributed by atoms with Crippen molar-refractivity contribution in [2.24, 2.45) is 10.1 Å². The average molecular weight is 610 g/mol. The number of benzene rings is 2. The number of aryl methyl sites for hydroxylation is 1. The second-order valence-corrected chi connectivity index (χ2v) is 11.0. The van der Waals surface area contributed by atoms with Gasteiger partial charge in [-0.1, -0.05) is 24.6 Å². The molecule has 9 nitrogen and oxygen atoms in total. The Kier molecular flexibility index (Phi) is 6.82. The summed E-state index contributed by atoms with van der Waals surface area (Å²) in [5.74, 6) is -0.435. The van der Waals surface area contributed by atoms with Crippen LogP contribution in [0.15, 0.2) is 57.0 Å². The summed E-state index contributed by atoms with van der Waals surface area (Å²) in [4.78, 5) is 16.7. The quantitative estimate of drug-likeness (QED) is 0.292. The van der Waals surface area contributed by atoms with Crippen molar-refractivity contribution < 1.29 is 22.1 Å². The number of fused-ring (bicyclic) bond motifs is 1. The van der Waals surface area contributed by atoms with Crippen LogP contribution >= 0.6 is 34.4 Å². The lowest BCUT2D eigenvalue weighted by Gasteiger charge is -2.20. The Morgan fingerprint density at radius 1 is 1.24 bits per heavy atom. The molecule has 0 bridgehead atoms. The maximum atomic E-state index is 12.8. The van der Waals surface area contributed by atoms with Gasteiger partial charge in [-0.2, -0.15) is 23.5 Å². The first-order chi connectivity index (χ1) is 16.1. The highest BCUT2D eigenvalue weighted by Gasteiger charge is 2.35. The fourth-order valence-corrected chi connectivity index (χ4v) is 5.77. The van der Waals surface area contributed by atoms with Gasteiger partial charge in [0.05, 0.1) is 16.3 Å². The lowest BCUT2D eigenvalue weighted by Crippen LogP contribution is -2.35. The van der Waals surface area contributed by atoms with Gasteiger partial charge >= 0.3 is 10.1 Å². The van der Waals surface area contributed by atoms with Crippen LogP contribution in [-0.4, -0.2) is 42.5 Å². The molecule has 1 amide bonds. The van der Waals surface area contributed by atoms with Crippen molar-refractivity contribution in [1.82, 2.24) is 5.01 Å². The number of nitrogens with one attached hydrogen (secondary N) is 1. The predicted molar refractivity (Wildman–Crippen MR) is 140 cm³/mol. The van der Waals surface area contributed by atoms with Gasteiger partial charge in [0.1, 0.15) is 9.94 Å². The van der Waals surface area contributed by atoms with E-state index in [1.165, 1.54) is 48.2 Å². The van der Waals surface area contributed by atoms with E-state index in [0.717, 1.165) is 10.6 Å². The zero-order valence-corrected chi connectivity index (χ0v) is 22.1. The number of nitrogens with zero attached hydrogens (tertiary/aromatic N) is 3. The van der Waals surface area contributed by atoms with Gasteiger partial charge in [-0.05, 0) is 83.6 Å². The normalized spacial score (nSPS) is 16.9. The number of thioether (sulfide) groups is 1. The number of hydrogen-bond donors (Lipinski definition) is 1. The van der Waals surface area contributed by atoms with Crippen molar-refractivity contribution in [3.8, 4) is 11.5 Å². The van der Waals surface area contributed by atoms with Gasteiger partial charge in [0.15, 0.2) is 17.3 Å². The lowest BCUT2D eigenvalue weighted by molar-refractivity contribution is -0.114. The highest BCUT2D eigenvalue weighted by atomic mass is 127. The van der Waals surface area contributed by atoms with Crippen LogP contribution in [0.25, 0.3) is 6.08 Å². The van der Waals surface area contributed by atoms with Gasteiger partial charge in [-0.25, -0.2) is 0 Å². The number of carbonyl (C=O) groups excluding carboxylic acids is 1. The van der Waals surface area contributed by atoms with E-state index in [2.05, 4.69) is 10.1 Å². The average Bonchev–Trinajstić information content (AvgIpc) is 3.21. The maximum absolute atomic E-state index is 12.8. The van der Waals surface area contributed by atoms with Crippen LogP contribution in [0.1, 0.15) is 24.5 Å². The lowest BCUT2D eigenvalue weighted by atomic mass is 10.1. The number of ether oxygens (including phenoxy) is 1. The maximum Gasteiger partial charge on any atom is 0.339 e. The fourth-order valence-electron chi connectivity index (χ4n) is 3.11. The summed E-state index contributed by atoms with van der Waals surface area (Å²) in [7, 11) is -2.70. The summed E-state index contributed by atoms with van der Waals surface area (Å²) in [6.45, 7) is 3.79. The Morgan fingerprint density at radius 3 is 2.59 bits per heavy atom. The SMILES string of the molecule is CCC1=NN2C(=N)C(=Cc3cc(I)c(OS(=O)(=O)c4ccc(C)cc4)c(OC)c3)C(=O)N=C2S1. The Labute approximate surface area is 214 Å². The van der Waals surface area contributed by atoms with Crippen molar-refractivity contribution >= 4 is 72.5 Å². The summed E-state index contributed by atoms with van der Waals surface area (Å²) in [5.41, 5.74) is 1.50. The first-order valence-corrected chi connectivity index (χ1v) is 13.3. The Balaban J connectivity index is 1.68. The number of halogens is 1. The largest absolute Gasteiger partial charge is 0.493 e. The molecule has 0 aliphatic carbocycles. The molecule has 0 fully saturated rings. The second-order valence-electron chi connectivity index (χ2n) is 7.25. The Morgan fingerprint density at radius 2 is 1.94 bits per heavy atom. The number of hydrazone groups is 1. The molecule has 0 spiro atoms. The third-order valence-corrected chi connectivity index (χ3v) is 7.95. The van der Waals surface area contributed by atoms with Crippen LogP contribution in [0.2, 0.25) is 0 Å². The number of hydrogen-bond acceptors (Lipinski definition) is 8. The van der Waals surface area contributed by atoms with Crippen LogP contribution in [0, 0.1) is 15.9 Å². The Hall–Kier alpha value is -2.71. The van der Waals surface area contributed by atoms with Crippen LogP contribution in [-0.2, 0) is 14.9 Å². The van der Waals surface area contributed by atoms with Crippen LogP contribution in [0.4, 0.5) is 0 Å². The van der Waals surface area contributed by atoms with Crippen molar-refractivity contribution in [1.29, 1.82) is 5.41 Å². The highest BCUT2D eigenvalue weighted by molar-refractivity contribution is 14.1. The van der Waals surface area contributed by atoms with E-state index in [-0.39, 0.29) is 27.8 Å². The van der Waals surface area contributed by atoms with Gasteiger partial charge in [0.2, 0.25) is 5.17 Å². The molecule has 176 valence electrons. The first kappa shape index (κ1) is 24.4. The number of aliphatic imine (C=N–C) groups is 1. The summed E-state index contributed by atoms with van der Waals surface area (Å²) in [6, 6.07) is 9.49. The zero-order chi connectivity index (χ0) is 24.6. The van der Waals surface area contributed by atoms with Crippen molar-refractivity contribution in [3.63, 3.8) is 0 Å². The topological polar surface area (TPSA) is 121 Å². The van der Waals surface area contributed by atoms with E-state index in [9.17, 15) is 13.2 Å². The molecule has 0 radical (unpaired) electrons. The third-order valence-electron chi connectivity index (χ3n) is 4.86. The zero-order valence-electron chi connectivity index (χ0n) is 18.3. The third kappa shape index (κ3) is 4.74. The van der Waals surface area contributed by atoms with Gasteiger partial charge in [0, 0.05) is 0 Å². The van der Waals surface area contributed by atoms with Crippen LogP contribution < -0.4 is 8.92 Å². The molecule has 2 aliphatic heterocycles. The van der Waals surface area contributed by atoms with Crippen molar-refractivity contribution in [3.05, 3.63) is 56.7 Å². The molecule has 34 heavy (non-hydrogen) atoms. The first-order valence-electron chi connectivity index (χ1n) is 10.0. The number of amidine groups is 2. The summed E-state index contributed by atoms with van der Waals surface area (Å²) >= 11 is 3.20. The number of rotatable bonds is 6. The van der Waals surface area contributed by atoms with E-state index < -0.39 is 16.0 Å². The minimum atomic E-state index is -4.09. The molecule has 12 heteroatoms. The van der Waals surface area contributed by atoms with E-state index in [0.29, 0.717) is 20.7 Å². The smallest absolute Gasteiger partial charge is 0.339 e. The molecule has 2 aliphatic rings. The highest BCUT2D eigenvalue weighted by Crippen LogP contribution is 2.37. The van der Waals surface area contributed by atoms with E-state index in [1.54, 1.807) is 18.2 Å². The molecule has 2 aromatic rings. The van der Waals surface area contributed by atoms with E-state index in [4.69, 9.17) is 14.3 Å². The van der Waals surface area contributed by atoms with Crippen LogP contribution in [0.3, 0.4) is 0 Å². The molecule has 0 saturated heterocycles. The fraction of sp³-hybridized carbons (Fsp3) is 0.182. The van der Waals surface area contributed by atoms with Gasteiger partial charge < -0.3 is 8.92 Å². The van der Waals surface area contributed by atoms with Gasteiger partial charge in [-0.15, -0.1) is 0 Å².